The van der Waals surface area contributed by atoms with Gasteiger partial charge in [0.2, 0.25) is 10.0 Å². The van der Waals surface area contributed by atoms with Gasteiger partial charge in [-0.05, 0) is 64.7 Å². The number of carbonyl (C=O) groups is 1. The molecule has 39 heavy (non-hydrogen) atoms. The van der Waals surface area contributed by atoms with Gasteiger partial charge in [0.1, 0.15) is 11.6 Å². The Labute approximate surface area is 227 Å². The fourth-order valence-electron chi connectivity index (χ4n) is 5.66. The molecule has 1 saturated carbocycles. The molecule has 1 saturated heterocycles. The second-order valence-corrected chi connectivity index (χ2v) is 12.1. The lowest BCUT2D eigenvalue weighted by atomic mass is 10.0. The molecule has 3 heterocycles. The van der Waals surface area contributed by atoms with E-state index >= 15 is 0 Å². The lowest BCUT2D eigenvalue weighted by Gasteiger charge is -2.30. The summed E-state index contributed by atoms with van der Waals surface area (Å²) in [4.78, 5) is 33.1. The first-order valence-corrected chi connectivity index (χ1v) is 15.1. The number of imidazole rings is 1. The average Bonchev–Trinajstić information content (AvgIpc) is 3.57. The summed E-state index contributed by atoms with van der Waals surface area (Å²) >= 11 is 0. The molecule has 1 aromatic carbocycles. The van der Waals surface area contributed by atoms with Crippen LogP contribution in [0.2, 0.25) is 0 Å². The average molecular weight is 558 g/mol. The molecule has 2 aromatic heterocycles. The second-order valence-electron chi connectivity index (χ2n) is 10.1. The van der Waals surface area contributed by atoms with Gasteiger partial charge in [0.25, 0.3) is 5.56 Å². The number of aryl methyl sites for hydroxylation is 1. The minimum atomic E-state index is -3.94. The number of H-pyrrole nitrogens is 1. The predicted molar refractivity (Wildman–Crippen MR) is 144 cm³/mol. The van der Waals surface area contributed by atoms with Crippen LogP contribution in [-0.2, 0) is 19.6 Å². The van der Waals surface area contributed by atoms with Crippen molar-refractivity contribution >= 4 is 21.5 Å². The van der Waals surface area contributed by atoms with Crippen molar-refractivity contribution in [3.63, 3.8) is 0 Å². The fourth-order valence-corrected chi connectivity index (χ4v) is 7.21. The largest absolute Gasteiger partial charge is 0.493 e. The van der Waals surface area contributed by atoms with E-state index in [-0.39, 0.29) is 41.3 Å². The summed E-state index contributed by atoms with van der Waals surface area (Å²) in [7, 11) is -3.94. The van der Waals surface area contributed by atoms with Gasteiger partial charge in [-0.15, -0.1) is 5.10 Å². The Morgan fingerprint density at radius 2 is 1.90 bits per heavy atom. The number of ether oxygens (including phenoxy) is 2. The number of sulfonamides is 1. The Kier molecular flexibility index (Phi) is 7.77. The molecule has 0 radical (unpaired) electrons. The van der Waals surface area contributed by atoms with Crippen LogP contribution in [0.15, 0.2) is 27.9 Å². The van der Waals surface area contributed by atoms with E-state index in [0.717, 1.165) is 31.5 Å². The number of carbonyl (C=O) groups excluding carboxylic acids is 1. The number of hydrogen-bond donors (Lipinski definition) is 1. The zero-order valence-corrected chi connectivity index (χ0v) is 23.4. The number of esters is 1. The van der Waals surface area contributed by atoms with Crippen LogP contribution < -0.4 is 10.3 Å². The molecule has 0 bridgehead atoms. The van der Waals surface area contributed by atoms with Crippen molar-refractivity contribution in [2.75, 3.05) is 26.3 Å². The molecule has 11 nitrogen and oxygen atoms in total. The van der Waals surface area contributed by atoms with Crippen molar-refractivity contribution in [2.45, 2.75) is 70.1 Å². The summed E-state index contributed by atoms with van der Waals surface area (Å²) in [6.45, 7) is 6.31. The molecule has 2 fully saturated rings. The smallest absolute Gasteiger partial charge is 0.310 e. The Hall–Kier alpha value is -3.25. The third-order valence-corrected chi connectivity index (χ3v) is 9.43. The van der Waals surface area contributed by atoms with Gasteiger partial charge in [0.05, 0.1) is 35.3 Å². The molecule has 0 spiro atoms. The van der Waals surface area contributed by atoms with Gasteiger partial charge < -0.3 is 14.5 Å². The van der Waals surface area contributed by atoms with Crippen LogP contribution in [0.3, 0.4) is 0 Å². The highest BCUT2D eigenvalue weighted by molar-refractivity contribution is 7.89. The molecule has 3 aromatic rings. The van der Waals surface area contributed by atoms with Crippen LogP contribution in [0, 0.1) is 12.8 Å². The Balaban J connectivity index is 1.57. The minimum absolute atomic E-state index is 0.0334. The van der Waals surface area contributed by atoms with Crippen molar-refractivity contribution in [3.05, 3.63) is 40.1 Å². The third-order valence-electron chi connectivity index (χ3n) is 7.57. The maximum atomic E-state index is 13.7. The summed E-state index contributed by atoms with van der Waals surface area (Å²) in [5, 5.41) is 4.75. The van der Waals surface area contributed by atoms with Crippen molar-refractivity contribution in [1.29, 1.82) is 0 Å². The summed E-state index contributed by atoms with van der Waals surface area (Å²) < 4.78 is 41.3. The van der Waals surface area contributed by atoms with E-state index in [0.29, 0.717) is 48.5 Å². The molecule has 12 heteroatoms. The number of fused-ring (bicyclic) bond motifs is 1. The first kappa shape index (κ1) is 27.3. The highest BCUT2D eigenvalue weighted by Gasteiger charge is 2.34. The van der Waals surface area contributed by atoms with Gasteiger partial charge in [0.15, 0.2) is 11.3 Å². The monoisotopic (exact) mass is 557 g/mol. The molecule has 1 atom stereocenters. The quantitative estimate of drug-likeness (QED) is 0.416. The summed E-state index contributed by atoms with van der Waals surface area (Å²) in [5.74, 6) is 0.697. The molecule has 1 unspecified atom stereocenters. The van der Waals surface area contributed by atoms with E-state index in [2.05, 4.69) is 9.97 Å². The van der Waals surface area contributed by atoms with Gasteiger partial charge in [-0.25, -0.2) is 17.9 Å². The zero-order chi connectivity index (χ0) is 27.7. The van der Waals surface area contributed by atoms with Gasteiger partial charge in [-0.2, -0.15) is 4.31 Å². The van der Waals surface area contributed by atoms with Gasteiger partial charge in [0, 0.05) is 19.0 Å². The van der Waals surface area contributed by atoms with Gasteiger partial charge >= 0.3 is 5.97 Å². The molecule has 5 rings (SSSR count). The van der Waals surface area contributed by atoms with E-state index in [1.807, 2.05) is 6.92 Å². The Bertz CT molecular complexity index is 1540. The van der Waals surface area contributed by atoms with E-state index < -0.39 is 15.9 Å². The highest BCUT2D eigenvalue weighted by atomic mass is 32.2. The Morgan fingerprint density at radius 3 is 2.62 bits per heavy atom. The van der Waals surface area contributed by atoms with Crippen molar-refractivity contribution in [1.82, 2.24) is 23.9 Å². The van der Waals surface area contributed by atoms with Crippen LogP contribution in [0.4, 0.5) is 0 Å². The second kappa shape index (κ2) is 11.1. The molecule has 0 amide bonds. The van der Waals surface area contributed by atoms with Crippen molar-refractivity contribution < 1.29 is 22.7 Å². The number of rotatable bonds is 8. The number of hydrogen-bond acceptors (Lipinski definition) is 8. The minimum Gasteiger partial charge on any atom is -0.493 e. The molecule has 210 valence electrons. The number of benzene rings is 1. The normalized spacial score (nSPS) is 19.0. The number of aromatic nitrogens is 4. The number of aromatic amines is 1. The molecule has 1 N–H and O–H groups in total. The summed E-state index contributed by atoms with van der Waals surface area (Å²) in [5.41, 5.74) is 1.01. The van der Waals surface area contributed by atoms with Crippen molar-refractivity contribution in [3.8, 4) is 17.1 Å². The van der Waals surface area contributed by atoms with Gasteiger partial charge in [-0.3, -0.25) is 9.59 Å². The fraction of sp³-hybridized carbons (Fsp3) is 0.556. The first-order valence-electron chi connectivity index (χ1n) is 13.7. The van der Waals surface area contributed by atoms with Crippen LogP contribution >= 0.6 is 0 Å². The Morgan fingerprint density at radius 1 is 1.13 bits per heavy atom. The highest BCUT2D eigenvalue weighted by Crippen LogP contribution is 2.35. The maximum Gasteiger partial charge on any atom is 0.310 e. The lowest BCUT2D eigenvalue weighted by Crippen LogP contribution is -2.42. The molecule has 1 aliphatic carbocycles. The topological polar surface area (TPSA) is 136 Å². The van der Waals surface area contributed by atoms with E-state index in [9.17, 15) is 18.0 Å². The third kappa shape index (κ3) is 5.19. The van der Waals surface area contributed by atoms with Crippen LogP contribution in [-0.4, -0.2) is 64.6 Å². The van der Waals surface area contributed by atoms with Crippen LogP contribution in [0.25, 0.3) is 16.9 Å². The molecular weight excluding hydrogens is 522 g/mol. The number of nitrogens with zero attached hydrogens (tertiary/aromatic N) is 4. The van der Waals surface area contributed by atoms with Crippen LogP contribution in [0.5, 0.6) is 5.75 Å². The molecular formula is C27H35N5O6S. The standard InChI is InChI=1S/C27H35N5O6S/c1-4-37-22-13-12-20(39(35,36)31-14-8-11-19(16-31)27(34)38-5-2)15-21(22)24-29-26(33)23-17(3)28-25(32(23)30-24)18-9-6-7-10-18/h12-13,15,18-19H,4-11,14,16H2,1-3H3,(H,29,30,33). The van der Waals surface area contributed by atoms with E-state index in [1.165, 1.54) is 16.4 Å². The number of piperidine rings is 1. The van der Waals surface area contributed by atoms with Crippen LogP contribution in [0.1, 0.15) is 69.8 Å². The van der Waals surface area contributed by atoms with Crippen molar-refractivity contribution in [2.24, 2.45) is 5.92 Å². The number of nitrogens with one attached hydrogen (secondary N) is 1. The summed E-state index contributed by atoms with van der Waals surface area (Å²) in [6, 6.07) is 4.55. The first-order chi connectivity index (χ1) is 18.7. The maximum absolute atomic E-state index is 13.7. The van der Waals surface area contributed by atoms with E-state index in [1.54, 1.807) is 24.4 Å². The SMILES string of the molecule is CCOC(=O)C1CCCN(S(=O)(=O)c2ccc(OCC)c(-c3nn4c(C5CCCC5)nc(C)c4c(=O)[nH]3)c2)C1. The van der Waals surface area contributed by atoms with Gasteiger partial charge in [-0.1, -0.05) is 12.8 Å². The molecule has 2 aliphatic rings. The lowest BCUT2D eigenvalue weighted by molar-refractivity contribution is -0.149. The molecule has 1 aliphatic heterocycles. The predicted octanol–water partition coefficient (Wildman–Crippen LogP) is 3.41. The zero-order valence-electron chi connectivity index (χ0n) is 22.6. The summed E-state index contributed by atoms with van der Waals surface area (Å²) in [6.07, 6.45) is 5.33. The van der Waals surface area contributed by atoms with E-state index in [4.69, 9.17) is 14.6 Å².